The number of hydrogen-bond donors (Lipinski definition) is 3. The van der Waals surface area contributed by atoms with E-state index in [1.165, 1.54) is 23.1 Å². The Bertz CT molecular complexity index is 660. The molecule has 0 radical (unpaired) electrons. The second-order valence-corrected chi connectivity index (χ2v) is 5.99. The van der Waals surface area contributed by atoms with E-state index in [1.807, 2.05) is 12.1 Å². The third kappa shape index (κ3) is 2.68. The minimum atomic E-state index is -0.0688. The van der Waals surface area contributed by atoms with Crippen LogP contribution in [0.1, 0.15) is 41.4 Å². The molecule has 1 amide bonds. The van der Waals surface area contributed by atoms with Crippen molar-refractivity contribution >= 4 is 16.8 Å². The molecule has 21 heavy (non-hydrogen) atoms. The van der Waals surface area contributed by atoms with Gasteiger partial charge in [0.2, 0.25) is 0 Å². The van der Waals surface area contributed by atoms with Crippen LogP contribution in [0.5, 0.6) is 0 Å². The quantitative estimate of drug-likeness (QED) is 0.756. The molecular weight excluding hydrogens is 264 g/mol. The van der Waals surface area contributed by atoms with Gasteiger partial charge >= 0.3 is 0 Å². The van der Waals surface area contributed by atoms with E-state index < -0.39 is 0 Å². The number of rotatable bonds is 4. The minimum absolute atomic E-state index is 0.0688. The maximum absolute atomic E-state index is 12.3. The van der Waals surface area contributed by atoms with Gasteiger partial charge < -0.3 is 15.4 Å². The van der Waals surface area contributed by atoms with Gasteiger partial charge in [-0.05, 0) is 43.2 Å². The SMILES string of the molecule is CC1CCc2[nH]c3c(C(=O)NCCCO)cccc3c2C1. The monoisotopic (exact) mass is 286 g/mol. The molecule has 1 heterocycles. The summed E-state index contributed by atoms with van der Waals surface area (Å²) in [7, 11) is 0. The van der Waals surface area contributed by atoms with Crippen LogP contribution in [0.2, 0.25) is 0 Å². The van der Waals surface area contributed by atoms with Gasteiger partial charge in [-0.15, -0.1) is 0 Å². The number of aliphatic hydroxyl groups excluding tert-OH is 1. The molecule has 3 N–H and O–H groups in total. The summed E-state index contributed by atoms with van der Waals surface area (Å²) in [6, 6.07) is 5.92. The van der Waals surface area contributed by atoms with Crippen molar-refractivity contribution in [3.8, 4) is 0 Å². The lowest BCUT2D eigenvalue weighted by atomic mass is 9.87. The smallest absolute Gasteiger partial charge is 0.253 e. The number of amides is 1. The Morgan fingerprint density at radius 1 is 1.48 bits per heavy atom. The number of carbonyl (C=O) groups excluding carboxylic acids is 1. The fourth-order valence-electron chi connectivity index (χ4n) is 3.18. The van der Waals surface area contributed by atoms with Crippen molar-refractivity contribution in [2.75, 3.05) is 13.2 Å². The first-order valence-corrected chi connectivity index (χ1v) is 7.72. The average Bonchev–Trinajstić information content (AvgIpc) is 2.85. The lowest BCUT2D eigenvalue weighted by Crippen LogP contribution is -2.25. The zero-order valence-electron chi connectivity index (χ0n) is 12.4. The van der Waals surface area contributed by atoms with Crippen LogP contribution < -0.4 is 5.32 Å². The average molecular weight is 286 g/mol. The van der Waals surface area contributed by atoms with E-state index in [1.54, 1.807) is 0 Å². The molecule has 0 aliphatic heterocycles. The number of aryl methyl sites for hydroxylation is 1. The Kier molecular flexibility index (Phi) is 3.97. The molecular formula is C17H22N2O2. The summed E-state index contributed by atoms with van der Waals surface area (Å²) in [5.41, 5.74) is 4.33. The van der Waals surface area contributed by atoms with E-state index >= 15 is 0 Å². The van der Waals surface area contributed by atoms with Crippen LogP contribution in [-0.2, 0) is 12.8 Å². The number of hydrogen-bond acceptors (Lipinski definition) is 2. The van der Waals surface area contributed by atoms with Crippen molar-refractivity contribution in [3.63, 3.8) is 0 Å². The fraction of sp³-hybridized carbons (Fsp3) is 0.471. The number of aromatic amines is 1. The summed E-state index contributed by atoms with van der Waals surface area (Å²) >= 11 is 0. The number of fused-ring (bicyclic) bond motifs is 3. The van der Waals surface area contributed by atoms with Crippen LogP contribution in [0.4, 0.5) is 0 Å². The van der Waals surface area contributed by atoms with Gasteiger partial charge in [-0.3, -0.25) is 4.79 Å². The van der Waals surface area contributed by atoms with Gasteiger partial charge in [0.25, 0.3) is 5.91 Å². The topological polar surface area (TPSA) is 65.1 Å². The van der Waals surface area contributed by atoms with Gasteiger partial charge in [0.15, 0.2) is 0 Å². The number of benzene rings is 1. The van der Waals surface area contributed by atoms with Crippen LogP contribution in [0, 0.1) is 5.92 Å². The second-order valence-electron chi connectivity index (χ2n) is 5.99. The van der Waals surface area contributed by atoms with E-state index in [2.05, 4.69) is 23.3 Å². The summed E-state index contributed by atoms with van der Waals surface area (Å²) in [6.07, 6.45) is 3.94. The molecule has 1 unspecified atom stereocenters. The van der Waals surface area contributed by atoms with Crippen molar-refractivity contribution in [1.82, 2.24) is 10.3 Å². The Balaban J connectivity index is 1.95. The largest absolute Gasteiger partial charge is 0.396 e. The third-order valence-electron chi connectivity index (χ3n) is 4.33. The third-order valence-corrected chi connectivity index (χ3v) is 4.33. The van der Waals surface area contributed by atoms with E-state index in [-0.39, 0.29) is 12.5 Å². The molecule has 0 saturated carbocycles. The molecule has 4 nitrogen and oxygen atoms in total. The van der Waals surface area contributed by atoms with Crippen LogP contribution in [0.25, 0.3) is 10.9 Å². The molecule has 0 bridgehead atoms. The van der Waals surface area contributed by atoms with Crippen molar-refractivity contribution < 1.29 is 9.90 Å². The van der Waals surface area contributed by atoms with Crippen molar-refractivity contribution in [1.29, 1.82) is 0 Å². The van der Waals surface area contributed by atoms with E-state index in [0.717, 1.165) is 18.4 Å². The lowest BCUT2D eigenvalue weighted by molar-refractivity contribution is 0.0952. The van der Waals surface area contributed by atoms with Gasteiger partial charge in [-0.2, -0.15) is 0 Å². The predicted molar refractivity (Wildman–Crippen MR) is 83.5 cm³/mol. The molecule has 0 spiro atoms. The minimum Gasteiger partial charge on any atom is -0.396 e. The first kappa shape index (κ1) is 14.1. The molecule has 0 fully saturated rings. The van der Waals surface area contributed by atoms with Crippen LogP contribution in [0.3, 0.4) is 0 Å². The highest BCUT2D eigenvalue weighted by molar-refractivity contribution is 6.06. The van der Waals surface area contributed by atoms with Gasteiger partial charge in [0, 0.05) is 24.2 Å². The van der Waals surface area contributed by atoms with Gasteiger partial charge in [0.1, 0.15) is 0 Å². The highest BCUT2D eigenvalue weighted by Gasteiger charge is 2.22. The number of aromatic nitrogens is 1. The van der Waals surface area contributed by atoms with E-state index in [4.69, 9.17) is 5.11 Å². The molecule has 2 aromatic rings. The summed E-state index contributed by atoms with van der Waals surface area (Å²) in [5.74, 6) is 0.638. The first-order chi connectivity index (χ1) is 10.2. The molecule has 1 aromatic carbocycles. The number of carbonyl (C=O) groups is 1. The molecule has 1 aliphatic carbocycles. The van der Waals surface area contributed by atoms with Gasteiger partial charge in [-0.25, -0.2) is 0 Å². The molecule has 3 rings (SSSR count). The van der Waals surface area contributed by atoms with Gasteiger partial charge in [0.05, 0.1) is 11.1 Å². The maximum Gasteiger partial charge on any atom is 0.253 e. The molecule has 112 valence electrons. The maximum atomic E-state index is 12.3. The normalized spacial score (nSPS) is 17.7. The zero-order chi connectivity index (χ0) is 14.8. The molecule has 0 saturated heterocycles. The Morgan fingerprint density at radius 2 is 2.33 bits per heavy atom. The second kappa shape index (κ2) is 5.90. The number of aliphatic hydroxyl groups is 1. The van der Waals surface area contributed by atoms with Crippen molar-refractivity contribution in [2.45, 2.75) is 32.6 Å². The lowest BCUT2D eigenvalue weighted by Gasteiger charge is -2.17. The predicted octanol–water partition coefficient (Wildman–Crippen LogP) is 2.40. The Labute approximate surface area is 124 Å². The first-order valence-electron chi connectivity index (χ1n) is 7.72. The molecule has 1 atom stereocenters. The van der Waals surface area contributed by atoms with E-state index in [9.17, 15) is 4.79 Å². The summed E-state index contributed by atoms with van der Waals surface area (Å²) < 4.78 is 0. The Hall–Kier alpha value is -1.81. The summed E-state index contributed by atoms with van der Waals surface area (Å²) in [5, 5.41) is 12.8. The molecule has 4 heteroatoms. The fourth-order valence-corrected chi connectivity index (χ4v) is 3.18. The number of H-pyrrole nitrogens is 1. The Morgan fingerprint density at radius 3 is 3.14 bits per heavy atom. The summed E-state index contributed by atoms with van der Waals surface area (Å²) in [6.45, 7) is 2.88. The highest BCUT2D eigenvalue weighted by Crippen LogP contribution is 2.32. The van der Waals surface area contributed by atoms with Crippen molar-refractivity contribution in [2.24, 2.45) is 5.92 Å². The van der Waals surface area contributed by atoms with E-state index in [0.29, 0.717) is 24.4 Å². The van der Waals surface area contributed by atoms with Gasteiger partial charge in [-0.1, -0.05) is 19.1 Å². The van der Waals surface area contributed by atoms with Crippen LogP contribution in [-0.4, -0.2) is 29.1 Å². The zero-order valence-corrected chi connectivity index (χ0v) is 12.4. The van der Waals surface area contributed by atoms with Crippen LogP contribution in [0.15, 0.2) is 18.2 Å². The standard InChI is InChI=1S/C17H22N2O2/c1-11-6-7-15-14(10-11)12-4-2-5-13(16(12)19-15)17(21)18-8-3-9-20/h2,4-5,11,19-20H,3,6-10H2,1H3,(H,18,21). The highest BCUT2D eigenvalue weighted by atomic mass is 16.3. The number of nitrogens with one attached hydrogen (secondary N) is 2. The molecule has 1 aliphatic rings. The summed E-state index contributed by atoms with van der Waals surface area (Å²) in [4.78, 5) is 15.8. The van der Waals surface area contributed by atoms with Crippen LogP contribution >= 0.6 is 0 Å². The molecule has 1 aromatic heterocycles. The number of para-hydroxylation sites is 1. The van der Waals surface area contributed by atoms with Crippen molar-refractivity contribution in [3.05, 3.63) is 35.0 Å².